The normalized spacial score (nSPS) is 13.4. The van der Waals surface area contributed by atoms with Crippen LogP contribution in [-0.2, 0) is 17.4 Å². The fraction of sp³-hybridized carbons (Fsp3) is 0.125. The van der Waals surface area contributed by atoms with Gasteiger partial charge in [-0.2, -0.15) is 13.2 Å². The van der Waals surface area contributed by atoms with Gasteiger partial charge in [0.15, 0.2) is 0 Å². The summed E-state index contributed by atoms with van der Waals surface area (Å²) in [5, 5.41) is 5.19. The van der Waals surface area contributed by atoms with Gasteiger partial charge in [-0.05, 0) is 42.0 Å². The Balaban J connectivity index is 1.80. The summed E-state index contributed by atoms with van der Waals surface area (Å²) in [5.41, 5.74) is 0.856. The summed E-state index contributed by atoms with van der Waals surface area (Å²) < 4.78 is 38.0. The molecule has 1 heterocycles. The van der Waals surface area contributed by atoms with Crippen molar-refractivity contribution in [1.82, 2.24) is 0 Å². The molecule has 0 saturated heterocycles. The third kappa shape index (κ3) is 3.18. The van der Waals surface area contributed by atoms with E-state index in [1.807, 2.05) is 0 Å². The fourth-order valence-electron chi connectivity index (χ4n) is 2.35. The maximum atomic E-state index is 12.7. The number of amides is 2. The Bertz CT molecular complexity index is 800. The standard InChI is InChI=1S/C16H11F3N2O2/c17-16(18,19)11-3-1-2-9(6-11)15(23)20-12-4-5-13-10(7-12)8-14(22)21-13/h1-7H,8H2,(H,20,23)(H,21,22). The van der Waals surface area contributed by atoms with E-state index in [4.69, 9.17) is 0 Å². The highest BCUT2D eigenvalue weighted by molar-refractivity contribution is 6.05. The topological polar surface area (TPSA) is 58.2 Å². The van der Waals surface area contributed by atoms with Crippen molar-refractivity contribution in [2.45, 2.75) is 12.6 Å². The molecule has 0 radical (unpaired) electrons. The van der Waals surface area contributed by atoms with Crippen LogP contribution in [0.1, 0.15) is 21.5 Å². The molecule has 2 aromatic rings. The molecule has 2 amide bonds. The molecule has 2 N–H and O–H groups in total. The minimum atomic E-state index is -4.50. The van der Waals surface area contributed by atoms with E-state index >= 15 is 0 Å². The second-order valence-electron chi connectivity index (χ2n) is 5.13. The largest absolute Gasteiger partial charge is 0.416 e. The van der Waals surface area contributed by atoms with Gasteiger partial charge in [-0.3, -0.25) is 9.59 Å². The molecule has 0 atom stereocenters. The summed E-state index contributed by atoms with van der Waals surface area (Å²) in [5.74, 6) is -0.783. The van der Waals surface area contributed by atoms with Crippen LogP contribution >= 0.6 is 0 Å². The van der Waals surface area contributed by atoms with Gasteiger partial charge in [0, 0.05) is 16.9 Å². The van der Waals surface area contributed by atoms with Crippen molar-refractivity contribution in [2.75, 3.05) is 10.6 Å². The lowest BCUT2D eigenvalue weighted by Gasteiger charge is -2.10. The van der Waals surface area contributed by atoms with Crippen molar-refractivity contribution >= 4 is 23.2 Å². The number of halogens is 3. The van der Waals surface area contributed by atoms with Crippen LogP contribution in [0.4, 0.5) is 24.5 Å². The van der Waals surface area contributed by atoms with Gasteiger partial charge >= 0.3 is 6.18 Å². The molecule has 0 fully saturated rings. The number of benzene rings is 2. The van der Waals surface area contributed by atoms with E-state index in [0.29, 0.717) is 11.4 Å². The third-order valence-corrected chi connectivity index (χ3v) is 3.44. The molecule has 3 rings (SSSR count). The lowest BCUT2D eigenvalue weighted by Crippen LogP contribution is -2.14. The highest BCUT2D eigenvalue weighted by Crippen LogP contribution is 2.30. The summed E-state index contributed by atoms with van der Waals surface area (Å²) in [6.07, 6.45) is -4.29. The van der Waals surface area contributed by atoms with E-state index in [1.54, 1.807) is 18.2 Å². The first kappa shape index (κ1) is 15.1. The number of alkyl halides is 3. The van der Waals surface area contributed by atoms with Gasteiger partial charge in [0.05, 0.1) is 12.0 Å². The Morgan fingerprint density at radius 2 is 1.91 bits per heavy atom. The van der Waals surface area contributed by atoms with Gasteiger partial charge in [-0.15, -0.1) is 0 Å². The Morgan fingerprint density at radius 1 is 1.13 bits per heavy atom. The van der Waals surface area contributed by atoms with Crippen molar-refractivity contribution in [3.8, 4) is 0 Å². The fourth-order valence-corrected chi connectivity index (χ4v) is 2.35. The Labute approximate surface area is 129 Å². The number of carbonyl (C=O) groups is 2. The smallest absolute Gasteiger partial charge is 0.326 e. The number of rotatable bonds is 2. The Hall–Kier alpha value is -2.83. The number of hydrogen-bond donors (Lipinski definition) is 2. The Kier molecular flexibility index (Phi) is 3.55. The first-order valence-electron chi connectivity index (χ1n) is 6.74. The summed E-state index contributed by atoms with van der Waals surface area (Å²) in [4.78, 5) is 23.4. The highest BCUT2D eigenvalue weighted by atomic mass is 19.4. The van der Waals surface area contributed by atoms with Crippen molar-refractivity contribution in [1.29, 1.82) is 0 Å². The van der Waals surface area contributed by atoms with Crippen LogP contribution in [0.25, 0.3) is 0 Å². The summed E-state index contributed by atoms with van der Waals surface area (Å²) in [7, 11) is 0. The first-order valence-corrected chi connectivity index (χ1v) is 6.74. The molecular weight excluding hydrogens is 309 g/mol. The molecular formula is C16H11F3N2O2. The molecule has 4 nitrogen and oxygen atoms in total. The number of anilines is 2. The van der Waals surface area contributed by atoms with E-state index in [1.165, 1.54) is 12.1 Å². The minimum Gasteiger partial charge on any atom is -0.326 e. The molecule has 0 unspecified atom stereocenters. The molecule has 23 heavy (non-hydrogen) atoms. The quantitative estimate of drug-likeness (QED) is 0.890. The van der Waals surface area contributed by atoms with E-state index in [2.05, 4.69) is 10.6 Å². The van der Waals surface area contributed by atoms with Crippen molar-refractivity contribution < 1.29 is 22.8 Å². The van der Waals surface area contributed by atoms with Gasteiger partial charge in [0.1, 0.15) is 0 Å². The van der Waals surface area contributed by atoms with Crippen LogP contribution in [0, 0.1) is 0 Å². The zero-order valence-corrected chi connectivity index (χ0v) is 11.7. The molecule has 1 aliphatic rings. The van der Waals surface area contributed by atoms with Gasteiger partial charge < -0.3 is 10.6 Å². The zero-order valence-electron chi connectivity index (χ0n) is 11.7. The summed E-state index contributed by atoms with van der Waals surface area (Å²) in [6, 6.07) is 9.04. The highest BCUT2D eigenvalue weighted by Gasteiger charge is 2.30. The molecule has 7 heteroatoms. The molecule has 2 aromatic carbocycles. The SMILES string of the molecule is O=C1Cc2cc(NC(=O)c3cccc(C(F)(F)F)c3)ccc2N1. The third-order valence-electron chi connectivity index (χ3n) is 3.44. The van der Waals surface area contributed by atoms with Crippen LogP contribution < -0.4 is 10.6 Å². The van der Waals surface area contributed by atoms with Crippen molar-refractivity contribution in [3.63, 3.8) is 0 Å². The van der Waals surface area contributed by atoms with E-state index in [-0.39, 0.29) is 17.9 Å². The predicted molar refractivity (Wildman–Crippen MR) is 78.2 cm³/mol. The van der Waals surface area contributed by atoms with E-state index in [0.717, 1.165) is 17.7 Å². The van der Waals surface area contributed by atoms with Crippen LogP contribution in [0.5, 0.6) is 0 Å². The van der Waals surface area contributed by atoms with Gasteiger partial charge in [-0.25, -0.2) is 0 Å². The predicted octanol–water partition coefficient (Wildman–Crippen LogP) is 3.45. The summed E-state index contributed by atoms with van der Waals surface area (Å²) >= 11 is 0. The molecule has 0 saturated carbocycles. The number of fused-ring (bicyclic) bond motifs is 1. The van der Waals surface area contributed by atoms with Crippen molar-refractivity contribution in [2.24, 2.45) is 0 Å². The van der Waals surface area contributed by atoms with Crippen LogP contribution in [-0.4, -0.2) is 11.8 Å². The number of hydrogen-bond acceptors (Lipinski definition) is 2. The molecule has 118 valence electrons. The molecule has 0 bridgehead atoms. The minimum absolute atomic E-state index is 0.0884. The number of carbonyl (C=O) groups excluding carboxylic acids is 2. The van der Waals surface area contributed by atoms with Crippen LogP contribution in [0.3, 0.4) is 0 Å². The maximum absolute atomic E-state index is 12.7. The molecule has 0 aromatic heterocycles. The van der Waals surface area contributed by atoms with E-state index < -0.39 is 17.6 Å². The zero-order chi connectivity index (χ0) is 16.6. The molecule has 0 aliphatic carbocycles. The maximum Gasteiger partial charge on any atom is 0.416 e. The molecule has 0 spiro atoms. The lowest BCUT2D eigenvalue weighted by atomic mass is 10.1. The Morgan fingerprint density at radius 3 is 2.65 bits per heavy atom. The lowest BCUT2D eigenvalue weighted by molar-refractivity contribution is -0.137. The molecule has 1 aliphatic heterocycles. The van der Waals surface area contributed by atoms with Gasteiger partial charge in [0.2, 0.25) is 5.91 Å². The van der Waals surface area contributed by atoms with Crippen molar-refractivity contribution in [3.05, 3.63) is 59.2 Å². The summed E-state index contributed by atoms with van der Waals surface area (Å²) in [6.45, 7) is 0. The van der Waals surface area contributed by atoms with Crippen LogP contribution in [0.15, 0.2) is 42.5 Å². The average Bonchev–Trinajstić information content (AvgIpc) is 2.86. The van der Waals surface area contributed by atoms with E-state index in [9.17, 15) is 22.8 Å². The second kappa shape index (κ2) is 5.42. The monoisotopic (exact) mass is 320 g/mol. The number of nitrogens with one attached hydrogen (secondary N) is 2. The average molecular weight is 320 g/mol. The first-order chi connectivity index (χ1) is 10.8. The van der Waals surface area contributed by atoms with Gasteiger partial charge in [0.25, 0.3) is 5.91 Å². The van der Waals surface area contributed by atoms with Gasteiger partial charge in [-0.1, -0.05) is 6.07 Å². The second-order valence-corrected chi connectivity index (χ2v) is 5.13. The van der Waals surface area contributed by atoms with Crippen LogP contribution in [0.2, 0.25) is 0 Å².